The van der Waals surface area contributed by atoms with Crippen molar-refractivity contribution >= 4 is 39.2 Å². The number of methoxy groups -OCH3 is 1. The van der Waals surface area contributed by atoms with Gasteiger partial charge in [0.05, 0.1) is 12.9 Å². The molecule has 3 aromatic rings. The standard InChI is InChI=1S/C22H25N3O2S2/c1-14-3-8-17-18(11-14)29-22-20(17)21(24-13-25-22)28-12-19(26)23-10-9-15-4-6-16(27-2)7-5-15/h4-7,13-14H,3,8-12H2,1-2H3,(H,23,26)/t14-/m1/s1. The number of fused-ring (bicyclic) bond motifs is 3. The number of carbonyl (C=O) groups is 1. The second-order valence-corrected chi connectivity index (χ2v) is 9.50. The van der Waals surface area contributed by atoms with Crippen LogP contribution in [0.4, 0.5) is 0 Å². The fourth-order valence-corrected chi connectivity index (χ4v) is 5.95. The van der Waals surface area contributed by atoms with Crippen molar-refractivity contribution in [1.82, 2.24) is 15.3 Å². The van der Waals surface area contributed by atoms with Crippen LogP contribution in [0.1, 0.15) is 29.3 Å². The molecule has 0 saturated heterocycles. The molecule has 5 nitrogen and oxygen atoms in total. The van der Waals surface area contributed by atoms with Crippen molar-refractivity contribution in [2.45, 2.75) is 37.6 Å². The van der Waals surface area contributed by atoms with Crippen molar-refractivity contribution in [3.05, 3.63) is 46.6 Å². The number of hydrogen-bond acceptors (Lipinski definition) is 6. The highest BCUT2D eigenvalue weighted by Gasteiger charge is 2.23. The van der Waals surface area contributed by atoms with Crippen molar-refractivity contribution in [3.63, 3.8) is 0 Å². The van der Waals surface area contributed by atoms with Gasteiger partial charge >= 0.3 is 0 Å². The summed E-state index contributed by atoms with van der Waals surface area (Å²) in [5, 5.41) is 5.12. The number of thiophene rings is 1. The molecule has 29 heavy (non-hydrogen) atoms. The van der Waals surface area contributed by atoms with E-state index in [0.29, 0.717) is 12.3 Å². The summed E-state index contributed by atoms with van der Waals surface area (Å²) < 4.78 is 5.17. The van der Waals surface area contributed by atoms with E-state index in [2.05, 4.69) is 22.2 Å². The number of benzene rings is 1. The van der Waals surface area contributed by atoms with Gasteiger partial charge < -0.3 is 10.1 Å². The number of rotatable bonds is 7. The molecule has 0 fully saturated rings. The van der Waals surface area contributed by atoms with Crippen LogP contribution in [0.3, 0.4) is 0 Å². The van der Waals surface area contributed by atoms with E-state index in [0.717, 1.165) is 40.8 Å². The Hall–Kier alpha value is -2.12. The molecule has 1 aromatic carbocycles. The van der Waals surface area contributed by atoms with E-state index < -0.39 is 0 Å². The molecule has 1 aliphatic rings. The highest BCUT2D eigenvalue weighted by atomic mass is 32.2. The van der Waals surface area contributed by atoms with Gasteiger partial charge in [-0.05, 0) is 54.9 Å². The lowest BCUT2D eigenvalue weighted by molar-refractivity contribution is -0.118. The minimum Gasteiger partial charge on any atom is -0.497 e. The van der Waals surface area contributed by atoms with E-state index >= 15 is 0 Å². The first-order valence-electron chi connectivity index (χ1n) is 9.91. The van der Waals surface area contributed by atoms with Gasteiger partial charge in [0.15, 0.2) is 0 Å². The van der Waals surface area contributed by atoms with Crippen molar-refractivity contribution < 1.29 is 9.53 Å². The Kier molecular flexibility index (Phi) is 6.35. The molecule has 0 bridgehead atoms. The van der Waals surface area contributed by atoms with Crippen molar-refractivity contribution in [2.75, 3.05) is 19.4 Å². The van der Waals surface area contributed by atoms with Crippen LogP contribution in [0.2, 0.25) is 0 Å². The summed E-state index contributed by atoms with van der Waals surface area (Å²) in [6.07, 6.45) is 5.85. The zero-order valence-corrected chi connectivity index (χ0v) is 18.4. The van der Waals surface area contributed by atoms with Crippen LogP contribution >= 0.6 is 23.1 Å². The van der Waals surface area contributed by atoms with Gasteiger partial charge in [0.2, 0.25) is 5.91 Å². The second-order valence-electron chi connectivity index (χ2n) is 7.45. The topological polar surface area (TPSA) is 64.1 Å². The molecule has 1 amide bonds. The monoisotopic (exact) mass is 427 g/mol. The largest absolute Gasteiger partial charge is 0.497 e. The van der Waals surface area contributed by atoms with Crippen LogP contribution in [0, 0.1) is 5.92 Å². The molecular formula is C22H25N3O2S2. The SMILES string of the molecule is COc1ccc(CCNC(=O)CSc2ncnc3sc4c(c23)CC[C@@H](C)C4)cc1. The molecule has 1 N–H and O–H groups in total. The van der Waals surface area contributed by atoms with Crippen LogP contribution < -0.4 is 10.1 Å². The smallest absolute Gasteiger partial charge is 0.230 e. The van der Waals surface area contributed by atoms with Gasteiger partial charge in [-0.2, -0.15) is 0 Å². The number of hydrogen-bond donors (Lipinski definition) is 1. The Morgan fingerprint density at radius 1 is 1.31 bits per heavy atom. The zero-order chi connectivity index (χ0) is 20.2. The van der Waals surface area contributed by atoms with E-state index in [1.165, 1.54) is 39.6 Å². The predicted molar refractivity (Wildman–Crippen MR) is 119 cm³/mol. The van der Waals surface area contributed by atoms with E-state index in [1.807, 2.05) is 24.3 Å². The van der Waals surface area contributed by atoms with Gasteiger partial charge in [-0.25, -0.2) is 9.97 Å². The Labute approximate surface area is 179 Å². The third-order valence-corrected chi connectivity index (χ3v) is 7.44. The van der Waals surface area contributed by atoms with E-state index in [4.69, 9.17) is 4.74 Å². The first-order chi connectivity index (χ1) is 14.1. The highest BCUT2D eigenvalue weighted by Crippen LogP contribution is 2.40. The van der Waals surface area contributed by atoms with Crippen molar-refractivity contribution in [2.24, 2.45) is 5.92 Å². The minimum absolute atomic E-state index is 0.0352. The maximum atomic E-state index is 12.3. The van der Waals surface area contributed by atoms with Gasteiger partial charge in [0.1, 0.15) is 21.9 Å². The summed E-state index contributed by atoms with van der Waals surface area (Å²) in [6.45, 7) is 2.93. The molecule has 2 aromatic heterocycles. The van der Waals surface area contributed by atoms with Crippen LogP contribution in [0.15, 0.2) is 35.6 Å². The Morgan fingerprint density at radius 3 is 2.93 bits per heavy atom. The van der Waals surface area contributed by atoms with Crippen molar-refractivity contribution in [3.8, 4) is 5.75 Å². The first kappa shape index (κ1) is 20.2. The number of carbonyl (C=O) groups excluding carboxylic acids is 1. The molecule has 1 atom stereocenters. The lowest BCUT2D eigenvalue weighted by atomic mass is 9.89. The number of ether oxygens (including phenoxy) is 1. The van der Waals surface area contributed by atoms with Crippen LogP contribution in [0.25, 0.3) is 10.2 Å². The summed E-state index contributed by atoms with van der Waals surface area (Å²) in [5.74, 6) is 1.98. The van der Waals surface area contributed by atoms with E-state index in [-0.39, 0.29) is 5.91 Å². The third kappa shape index (κ3) is 4.73. The molecule has 0 unspecified atom stereocenters. The molecule has 1 aliphatic carbocycles. The average molecular weight is 428 g/mol. The van der Waals surface area contributed by atoms with Gasteiger partial charge in [-0.3, -0.25) is 4.79 Å². The lowest BCUT2D eigenvalue weighted by Gasteiger charge is -2.18. The zero-order valence-electron chi connectivity index (χ0n) is 16.7. The molecule has 0 radical (unpaired) electrons. The summed E-state index contributed by atoms with van der Waals surface area (Å²) in [4.78, 5) is 23.8. The fourth-order valence-electron chi connectivity index (χ4n) is 3.68. The molecule has 0 spiro atoms. The molecule has 152 valence electrons. The van der Waals surface area contributed by atoms with Gasteiger partial charge in [0, 0.05) is 16.8 Å². The summed E-state index contributed by atoms with van der Waals surface area (Å²) in [5.41, 5.74) is 2.58. The molecular weight excluding hydrogens is 402 g/mol. The lowest BCUT2D eigenvalue weighted by Crippen LogP contribution is -2.27. The number of aromatic nitrogens is 2. The molecule has 7 heteroatoms. The molecule has 0 saturated carbocycles. The van der Waals surface area contributed by atoms with Crippen LogP contribution in [-0.4, -0.2) is 35.3 Å². The number of thioether (sulfide) groups is 1. The van der Waals surface area contributed by atoms with Crippen LogP contribution in [0.5, 0.6) is 5.75 Å². The van der Waals surface area contributed by atoms with Gasteiger partial charge in [-0.1, -0.05) is 30.8 Å². The van der Waals surface area contributed by atoms with Crippen LogP contribution in [-0.2, 0) is 24.1 Å². The normalized spacial score (nSPS) is 15.9. The Balaban J connectivity index is 1.34. The van der Waals surface area contributed by atoms with E-state index in [1.54, 1.807) is 24.8 Å². The maximum Gasteiger partial charge on any atom is 0.230 e. The van der Waals surface area contributed by atoms with Gasteiger partial charge in [-0.15, -0.1) is 11.3 Å². The number of nitrogens with one attached hydrogen (secondary N) is 1. The maximum absolute atomic E-state index is 12.3. The number of nitrogens with zero attached hydrogens (tertiary/aromatic N) is 2. The van der Waals surface area contributed by atoms with E-state index in [9.17, 15) is 4.79 Å². The predicted octanol–water partition coefficient (Wildman–Crippen LogP) is 4.28. The van der Waals surface area contributed by atoms with Crippen molar-refractivity contribution in [1.29, 1.82) is 0 Å². The number of aryl methyl sites for hydroxylation is 1. The minimum atomic E-state index is 0.0352. The molecule has 2 heterocycles. The summed E-state index contributed by atoms with van der Waals surface area (Å²) in [6, 6.07) is 7.93. The third-order valence-electron chi connectivity index (χ3n) is 5.29. The average Bonchev–Trinajstić information content (AvgIpc) is 3.10. The number of amides is 1. The highest BCUT2D eigenvalue weighted by molar-refractivity contribution is 8.00. The fraction of sp³-hybridized carbons (Fsp3) is 0.409. The molecule has 0 aliphatic heterocycles. The first-order valence-corrected chi connectivity index (χ1v) is 11.7. The molecule has 4 rings (SSSR count). The van der Waals surface area contributed by atoms with Gasteiger partial charge in [0.25, 0.3) is 0 Å². The quantitative estimate of drug-likeness (QED) is 0.450. The Morgan fingerprint density at radius 2 is 2.14 bits per heavy atom. The summed E-state index contributed by atoms with van der Waals surface area (Å²) >= 11 is 3.31. The Bertz CT molecular complexity index is 1000. The summed E-state index contributed by atoms with van der Waals surface area (Å²) in [7, 11) is 1.66. The second kappa shape index (κ2) is 9.13.